The zero-order valence-corrected chi connectivity index (χ0v) is 17.3. The maximum absolute atomic E-state index is 11.1. The minimum absolute atomic E-state index is 0.106. The number of hydrogen-bond acceptors (Lipinski definition) is 3. The largest absolute Gasteiger partial charge is 0.489 e. The van der Waals surface area contributed by atoms with E-state index in [-0.39, 0.29) is 12.0 Å². The van der Waals surface area contributed by atoms with Crippen LogP contribution in [0.15, 0.2) is 42.5 Å². The Labute approximate surface area is 175 Å². The molecule has 0 aliphatic heterocycles. The molecule has 1 amide bonds. The van der Waals surface area contributed by atoms with Crippen LogP contribution in [0.25, 0.3) is 0 Å². The summed E-state index contributed by atoms with van der Waals surface area (Å²) >= 11 is 11.7. The molecule has 0 bridgehead atoms. The van der Waals surface area contributed by atoms with Crippen molar-refractivity contribution in [2.24, 2.45) is 0 Å². The number of ether oxygens (including phenoxy) is 1. The van der Waals surface area contributed by atoms with Crippen molar-refractivity contribution in [1.82, 2.24) is 0 Å². The lowest BCUT2D eigenvalue weighted by Gasteiger charge is -2.23. The van der Waals surface area contributed by atoms with Gasteiger partial charge in [0.05, 0.1) is 11.1 Å². The van der Waals surface area contributed by atoms with Crippen LogP contribution in [-0.2, 0) is 4.79 Å². The summed E-state index contributed by atoms with van der Waals surface area (Å²) in [5, 5.41) is 9.96. The Hall–Kier alpha value is -2.31. The first kappa shape index (κ1) is 20.4. The number of nitrogens with one attached hydrogen (secondary N) is 3. The van der Waals surface area contributed by atoms with Crippen molar-refractivity contribution in [1.29, 1.82) is 0 Å². The summed E-state index contributed by atoms with van der Waals surface area (Å²) in [5.74, 6) is 0.609. The Bertz CT molecular complexity index is 836. The summed E-state index contributed by atoms with van der Waals surface area (Å²) < 4.78 is 6.04. The third kappa shape index (κ3) is 6.11. The molecule has 2 aromatic carbocycles. The first-order valence-corrected chi connectivity index (χ1v) is 10.2. The van der Waals surface area contributed by atoms with Gasteiger partial charge in [-0.1, -0.05) is 18.0 Å². The van der Waals surface area contributed by atoms with Crippen molar-refractivity contribution >= 4 is 51.9 Å². The number of benzene rings is 2. The topological polar surface area (TPSA) is 62.4 Å². The van der Waals surface area contributed by atoms with Gasteiger partial charge < -0.3 is 20.7 Å². The van der Waals surface area contributed by atoms with Crippen molar-refractivity contribution in [3.63, 3.8) is 0 Å². The predicted molar refractivity (Wildman–Crippen MR) is 120 cm³/mol. The molecule has 3 rings (SSSR count). The molecule has 5 nitrogen and oxygen atoms in total. The number of carbonyl (C=O) groups is 1. The van der Waals surface area contributed by atoms with E-state index in [0.717, 1.165) is 29.9 Å². The number of thiocarbonyl (C=S) groups is 1. The lowest BCUT2D eigenvalue weighted by atomic mass is 9.98. The summed E-state index contributed by atoms with van der Waals surface area (Å²) in [5.41, 5.74) is 2.33. The molecule has 0 saturated heterocycles. The first-order valence-electron chi connectivity index (χ1n) is 9.41. The minimum Gasteiger partial charge on any atom is -0.489 e. The van der Waals surface area contributed by atoms with Crippen LogP contribution >= 0.6 is 23.8 Å². The average Bonchev–Trinajstić information content (AvgIpc) is 2.66. The van der Waals surface area contributed by atoms with Crippen molar-refractivity contribution in [3.05, 3.63) is 47.5 Å². The first-order chi connectivity index (χ1) is 13.5. The zero-order valence-electron chi connectivity index (χ0n) is 15.8. The Kier molecular flexibility index (Phi) is 7.12. The van der Waals surface area contributed by atoms with Gasteiger partial charge in [-0.3, -0.25) is 4.79 Å². The molecule has 28 heavy (non-hydrogen) atoms. The molecule has 148 valence electrons. The van der Waals surface area contributed by atoms with Gasteiger partial charge in [0.1, 0.15) is 5.75 Å². The SMILES string of the molecule is CC(=O)Nc1ccc(NC(=S)Nc2ccc(OC3CCCCC3)c(Cl)c2)cc1. The fourth-order valence-corrected chi connectivity index (χ4v) is 3.63. The molecule has 0 aromatic heterocycles. The van der Waals surface area contributed by atoms with E-state index in [9.17, 15) is 4.79 Å². The smallest absolute Gasteiger partial charge is 0.221 e. The summed E-state index contributed by atoms with van der Waals surface area (Å²) in [6.45, 7) is 1.47. The Morgan fingerprint density at radius 2 is 1.54 bits per heavy atom. The number of hydrogen-bond donors (Lipinski definition) is 3. The second-order valence-corrected chi connectivity index (χ2v) is 7.68. The second-order valence-electron chi connectivity index (χ2n) is 6.86. The molecule has 0 heterocycles. The molecular weight excluding hydrogens is 394 g/mol. The lowest BCUT2D eigenvalue weighted by Crippen LogP contribution is -2.20. The highest BCUT2D eigenvalue weighted by atomic mass is 35.5. The molecule has 1 fully saturated rings. The molecule has 1 saturated carbocycles. The molecule has 3 N–H and O–H groups in total. The van der Waals surface area contributed by atoms with E-state index >= 15 is 0 Å². The van der Waals surface area contributed by atoms with Crippen LogP contribution in [-0.4, -0.2) is 17.1 Å². The molecule has 7 heteroatoms. The van der Waals surface area contributed by atoms with E-state index < -0.39 is 0 Å². The normalized spacial score (nSPS) is 14.2. The van der Waals surface area contributed by atoms with E-state index in [0.29, 0.717) is 15.9 Å². The third-order valence-corrected chi connectivity index (χ3v) is 5.00. The van der Waals surface area contributed by atoms with Crippen LogP contribution in [0.3, 0.4) is 0 Å². The summed E-state index contributed by atoms with van der Waals surface area (Å²) in [4.78, 5) is 11.1. The molecule has 0 spiro atoms. The Balaban J connectivity index is 1.54. The number of carbonyl (C=O) groups excluding carboxylic acids is 1. The zero-order chi connectivity index (χ0) is 19.9. The fraction of sp³-hybridized carbons (Fsp3) is 0.333. The molecule has 0 atom stereocenters. The van der Waals surface area contributed by atoms with Gasteiger partial charge in [-0.15, -0.1) is 0 Å². The van der Waals surface area contributed by atoms with E-state index in [1.54, 1.807) is 12.1 Å². The summed E-state index contributed by atoms with van der Waals surface area (Å²) in [6, 6.07) is 12.9. The highest BCUT2D eigenvalue weighted by molar-refractivity contribution is 7.80. The van der Waals surface area contributed by atoms with Gasteiger partial charge >= 0.3 is 0 Å². The second kappa shape index (κ2) is 9.75. The van der Waals surface area contributed by atoms with Gasteiger partial charge in [0.25, 0.3) is 0 Å². The molecule has 1 aliphatic rings. The maximum atomic E-state index is 11.1. The molecule has 0 radical (unpaired) electrons. The molecule has 2 aromatic rings. The van der Waals surface area contributed by atoms with E-state index in [1.165, 1.54) is 26.2 Å². The van der Waals surface area contributed by atoms with Crippen molar-refractivity contribution < 1.29 is 9.53 Å². The predicted octanol–water partition coefficient (Wildman–Crippen LogP) is 5.82. The highest BCUT2D eigenvalue weighted by Crippen LogP contribution is 2.31. The third-order valence-electron chi connectivity index (χ3n) is 4.50. The van der Waals surface area contributed by atoms with Crippen LogP contribution in [0.2, 0.25) is 5.02 Å². The highest BCUT2D eigenvalue weighted by Gasteiger charge is 2.16. The monoisotopic (exact) mass is 417 g/mol. The number of amides is 1. The number of halogens is 1. The quantitative estimate of drug-likeness (QED) is 0.535. The van der Waals surface area contributed by atoms with Crippen LogP contribution in [0.5, 0.6) is 5.75 Å². The van der Waals surface area contributed by atoms with Gasteiger partial charge in [0.15, 0.2) is 5.11 Å². The van der Waals surface area contributed by atoms with Gasteiger partial charge in [-0.2, -0.15) is 0 Å². The van der Waals surface area contributed by atoms with Crippen LogP contribution in [0, 0.1) is 0 Å². The van der Waals surface area contributed by atoms with Crippen LogP contribution < -0.4 is 20.7 Å². The van der Waals surface area contributed by atoms with E-state index in [2.05, 4.69) is 16.0 Å². The van der Waals surface area contributed by atoms with Gasteiger partial charge in [0, 0.05) is 24.0 Å². The average molecular weight is 418 g/mol. The van der Waals surface area contributed by atoms with Crippen LogP contribution in [0.1, 0.15) is 39.0 Å². The van der Waals surface area contributed by atoms with E-state index in [1.807, 2.05) is 30.3 Å². The van der Waals surface area contributed by atoms with Gasteiger partial charge in [-0.25, -0.2) is 0 Å². The standard InChI is InChI=1S/C21H24ClN3O2S/c1-14(26)23-15-7-9-16(10-8-15)24-21(28)25-17-11-12-20(19(22)13-17)27-18-5-3-2-4-6-18/h7-13,18H,2-6H2,1H3,(H,23,26)(H2,24,25,28). The summed E-state index contributed by atoms with van der Waals surface area (Å²) in [7, 11) is 0. The molecule has 1 aliphatic carbocycles. The molecular formula is C21H24ClN3O2S. The minimum atomic E-state index is -0.106. The maximum Gasteiger partial charge on any atom is 0.221 e. The van der Waals surface area contributed by atoms with Crippen molar-refractivity contribution in [3.8, 4) is 5.75 Å². The lowest BCUT2D eigenvalue weighted by molar-refractivity contribution is -0.114. The van der Waals surface area contributed by atoms with Crippen molar-refractivity contribution in [2.45, 2.75) is 45.1 Å². The molecule has 0 unspecified atom stereocenters. The van der Waals surface area contributed by atoms with Crippen molar-refractivity contribution in [2.75, 3.05) is 16.0 Å². The summed E-state index contributed by atoms with van der Waals surface area (Å²) in [6.07, 6.45) is 6.15. The number of rotatable bonds is 5. The number of anilines is 3. The fourth-order valence-electron chi connectivity index (χ4n) is 3.17. The van der Waals surface area contributed by atoms with Crippen LogP contribution in [0.4, 0.5) is 17.1 Å². The van der Waals surface area contributed by atoms with E-state index in [4.69, 9.17) is 28.6 Å². The van der Waals surface area contributed by atoms with Gasteiger partial charge in [-0.05, 0) is 80.4 Å². The van der Waals surface area contributed by atoms with Gasteiger partial charge in [0.2, 0.25) is 5.91 Å². The Morgan fingerprint density at radius 3 is 2.14 bits per heavy atom. The Morgan fingerprint density at radius 1 is 0.964 bits per heavy atom.